The number of carbonyl (C=O) groups excluding carboxylic acids is 14. The SMILES string of the molecule is C=CCOC(=O)O[C@@H]1[C@@H](OC(=O)OCC=C)[C@H](Oc2ccc(COC(=O)N(C)CN3C(=O)CCC(N4Cc5cc(CNC(=O)Nc6ccc(CCOCCN(C)C(=O)OC(C)(C)C)c(Cl)c6)ccc5C4=O)C3=O)cc2NC(=O)CCNC(=O)CCN2C(=O)C=CC2=O)O[C@H](C(=O)OCC=C)[C@H]1OC(=O)OCC=C. The molecule has 0 aliphatic carbocycles. The van der Waals surface area contributed by atoms with Crippen LogP contribution in [0.25, 0.3) is 0 Å². The molecule has 580 valence electrons. The van der Waals surface area contributed by atoms with Crippen LogP contribution in [0.2, 0.25) is 5.02 Å². The van der Waals surface area contributed by atoms with E-state index in [0.717, 1.165) is 32.4 Å². The number of anilines is 2. The summed E-state index contributed by atoms with van der Waals surface area (Å²) in [6.07, 6.45) is -10.4. The number of nitrogens with zero attached hydrogens (tertiary/aromatic N) is 5. The van der Waals surface area contributed by atoms with E-state index in [-0.39, 0.29) is 69.0 Å². The Hall–Kier alpha value is -11.8. The van der Waals surface area contributed by atoms with Crippen LogP contribution in [0.1, 0.15) is 79.1 Å². The lowest BCUT2D eigenvalue weighted by Crippen LogP contribution is -2.64. The van der Waals surface area contributed by atoms with E-state index in [1.165, 1.54) is 59.4 Å². The van der Waals surface area contributed by atoms with Crippen molar-refractivity contribution in [1.82, 2.24) is 35.1 Å². The molecule has 0 bridgehead atoms. The lowest BCUT2D eigenvalue weighted by Gasteiger charge is -2.42. The van der Waals surface area contributed by atoms with Gasteiger partial charge in [0.25, 0.3) is 23.6 Å². The first-order chi connectivity index (χ1) is 51.5. The van der Waals surface area contributed by atoms with Crippen LogP contribution in [0.5, 0.6) is 5.75 Å². The van der Waals surface area contributed by atoms with Crippen LogP contribution in [0.15, 0.2) is 117 Å². The third-order valence-corrected chi connectivity index (χ3v) is 16.2. The molecular weight excluding hydrogens is 1440 g/mol. The molecule has 0 aromatic heterocycles. The summed E-state index contributed by atoms with van der Waals surface area (Å²) in [6, 6.07) is 12.0. The Kier molecular flexibility index (Phi) is 30.9. The standard InChI is InChI=1S/C72H84ClN9O26/c1-10-30-98-64(90)60-58(105-69(94)99-31-11-2)59(106-70(95)100-32-12-3)61(107-71(96)101-33-13-4)65(104-60)103-52-20-15-44(37-50(52)77-54(84)24-27-74-53(83)25-28-80-55(85)22-23-56(80)86)41-102-67(92)79(9)42-82-57(87)21-19-51(63(82)89)81-40-46-36-43(14-18-48(46)62(81)88)39-75-66(91)76-47-17-16-45(49(73)38-47)26-34-97-35-29-78(8)68(93)108-72(5,6)7/h10-18,20,22-23,36-38,51,58-61,65H,1-4,19,21,24-35,39-42H2,5-9H3,(H,74,83)(H,77,84)(H2,75,76,91)/t51?,58-,59-,60-,61+,65+/m0/s1. The first kappa shape index (κ1) is 83.4. The van der Waals surface area contributed by atoms with E-state index in [1.54, 1.807) is 64.2 Å². The number of piperidine rings is 1. The number of rotatable bonds is 35. The number of urea groups is 1. The number of likely N-dealkylation sites (N-methyl/N-ethyl adjacent to an activating group) is 1. The summed E-state index contributed by atoms with van der Waals surface area (Å²) in [5.74, 6) is -6.29. The van der Waals surface area contributed by atoms with Crippen LogP contribution in [0.3, 0.4) is 0 Å². The zero-order chi connectivity index (χ0) is 78.8. The minimum atomic E-state index is -2.15. The monoisotopic (exact) mass is 1530 g/mol. The molecule has 0 spiro atoms. The number of benzene rings is 3. The summed E-state index contributed by atoms with van der Waals surface area (Å²) in [5.41, 5.74) is 1.86. The highest BCUT2D eigenvalue weighted by molar-refractivity contribution is 6.31. The Morgan fingerprint density at radius 3 is 1.96 bits per heavy atom. The molecule has 0 saturated carbocycles. The Morgan fingerprint density at radius 2 is 1.31 bits per heavy atom. The molecule has 3 aromatic carbocycles. The first-order valence-corrected chi connectivity index (χ1v) is 34.0. The molecule has 4 N–H and O–H groups in total. The third kappa shape index (κ3) is 24.4. The van der Waals surface area contributed by atoms with Gasteiger partial charge < -0.3 is 87.9 Å². The van der Waals surface area contributed by atoms with Gasteiger partial charge in [-0.05, 0) is 86.2 Å². The fourth-order valence-corrected chi connectivity index (χ4v) is 10.9. The van der Waals surface area contributed by atoms with Crippen LogP contribution in [-0.2, 0) is 112 Å². The number of hydrogen-bond donors (Lipinski definition) is 4. The van der Waals surface area contributed by atoms with Gasteiger partial charge in [-0.2, -0.15) is 0 Å². The molecular formula is C72H84ClN9O26. The van der Waals surface area contributed by atoms with Crippen molar-refractivity contribution in [1.29, 1.82) is 0 Å². The minimum absolute atomic E-state index is 0.0261. The Balaban J connectivity index is 1.02. The molecule has 36 heteroatoms. The minimum Gasteiger partial charge on any atom is -0.459 e. The van der Waals surface area contributed by atoms with Gasteiger partial charge in [0.05, 0.1) is 18.9 Å². The summed E-state index contributed by atoms with van der Waals surface area (Å²) in [6.45, 7) is 16.7. The number of amides is 11. The maximum atomic E-state index is 14.3. The van der Waals surface area contributed by atoms with E-state index in [9.17, 15) is 67.1 Å². The molecule has 11 amide bonds. The largest absolute Gasteiger partial charge is 0.509 e. The van der Waals surface area contributed by atoms with Crippen molar-refractivity contribution < 1.29 is 124 Å². The number of ether oxygens (including phenoxy) is 12. The van der Waals surface area contributed by atoms with Crippen molar-refractivity contribution in [3.05, 3.63) is 150 Å². The third-order valence-electron chi connectivity index (χ3n) is 15.9. The fraction of sp³-hybridized carbons (Fsp3) is 0.417. The molecule has 108 heavy (non-hydrogen) atoms. The maximum absolute atomic E-state index is 14.3. The molecule has 1 unspecified atom stereocenters. The normalized spacial score (nSPS) is 17.9. The lowest BCUT2D eigenvalue weighted by molar-refractivity contribution is -0.276. The number of esters is 1. The predicted molar refractivity (Wildman–Crippen MR) is 378 cm³/mol. The van der Waals surface area contributed by atoms with Crippen molar-refractivity contribution in [3.8, 4) is 5.75 Å². The molecule has 3 aromatic rings. The second-order valence-electron chi connectivity index (χ2n) is 25.1. The average Bonchev–Trinajstić information content (AvgIpc) is 1.33. The van der Waals surface area contributed by atoms with Crippen LogP contribution >= 0.6 is 11.6 Å². The quantitative estimate of drug-likeness (QED) is 0.0160. The summed E-state index contributed by atoms with van der Waals surface area (Å²) >= 11 is 6.55. The maximum Gasteiger partial charge on any atom is 0.509 e. The van der Waals surface area contributed by atoms with Crippen LogP contribution < -0.4 is 26.0 Å². The predicted octanol–water partition coefficient (Wildman–Crippen LogP) is 6.50. The van der Waals surface area contributed by atoms with E-state index in [4.69, 9.17) is 68.4 Å². The molecule has 4 aliphatic rings. The highest BCUT2D eigenvalue weighted by Crippen LogP contribution is 2.36. The van der Waals surface area contributed by atoms with Crippen molar-refractivity contribution in [3.63, 3.8) is 0 Å². The van der Waals surface area contributed by atoms with Crippen molar-refractivity contribution >= 4 is 107 Å². The zero-order valence-electron chi connectivity index (χ0n) is 59.9. The highest BCUT2D eigenvalue weighted by Gasteiger charge is 2.57. The summed E-state index contributed by atoms with van der Waals surface area (Å²) in [7, 11) is 2.85. The van der Waals surface area contributed by atoms with Gasteiger partial charge in [0.2, 0.25) is 30.1 Å². The topological polar surface area (TPSA) is 414 Å². The van der Waals surface area contributed by atoms with Crippen LogP contribution in [0.4, 0.5) is 40.1 Å². The van der Waals surface area contributed by atoms with Gasteiger partial charge in [0.15, 0.2) is 18.3 Å². The smallest absolute Gasteiger partial charge is 0.459 e. The number of halogens is 1. The molecule has 4 heterocycles. The molecule has 7 rings (SSSR count). The van der Waals surface area contributed by atoms with Crippen LogP contribution in [-0.4, -0.2) is 231 Å². The van der Waals surface area contributed by atoms with E-state index in [2.05, 4.69) is 47.6 Å². The molecule has 2 fully saturated rings. The number of carbonyl (C=O) groups is 14. The number of fused-ring (bicyclic) bond motifs is 1. The van der Waals surface area contributed by atoms with E-state index < -0.39 is 172 Å². The number of nitrogens with one attached hydrogen (secondary N) is 4. The van der Waals surface area contributed by atoms with Gasteiger partial charge in [0, 0.05) is 94.5 Å². The molecule has 4 aliphatic heterocycles. The second-order valence-corrected chi connectivity index (χ2v) is 25.5. The molecule has 6 atom stereocenters. The Bertz CT molecular complexity index is 3940. The Labute approximate surface area is 625 Å². The molecule has 0 radical (unpaired) electrons. The zero-order valence-corrected chi connectivity index (χ0v) is 60.7. The highest BCUT2D eigenvalue weighted by atomic mass is 35.5. The van der Waals surface area contributed by atoms with E-state index in [1.807, 2.05) is 0 Å². The van der Waals surface area contributed by atoms with Gasteiger partial charge in [-0.1, -0.05) is 86.5 Å². The number of likely N-dealkylation sites (tertiary alicyclic amines) is 1. The van der Waals surface area contributed by atoms with Gasteiger partial charge in [0.1, 0.15) is 57.1 Å². The number of imide groups is 2. The fourth-order valence-electron chi connectivity index (χ4n) is 10.6. The van der Waals surface area contributed by atoms with E-state index in [0.29, 0.717) is 47.0 Å². The summed E-state index contributed by atoms with van der Waals surface area (Å²) in [5, 5.41) is 11.0. The van der Waals surface area contributed by atoms with Crippen molar-refractivity contribution in [2.75, 3.05) is 90.7 Å². The van der Waals surface area contributed by atoms with Crippen molar-refractivity contribution in [2.45, 2.75) is 115 Å². The Morgan fingerprint density at radius 1 is 0.676 bits per heavy atom. The lowest BCUT2D eigenvalue weighted by atomic mass is 9.98. The molecule has 35 nitrogen and oxygen atoms in total. The number of hydrogen-bond acceptors (Lipinski definition) is 26. The second kappa shape index (κ2) is 40.0. The van der Waals surface area contributed by atoms with E-state index >= 15 is 0 Å². The first-order valence-electron chi connectivity index (χ1n) is 33.7. The van der Waals surface area contributed by atoms with Gasteiger partial charge in [-0.25, -0.2) is 33.6 Å². The average molecular weight is 1530 g/mol. The van der Waals surface area contributed by atoms with Gasteiger partial charge in [-0.3, -0.25) is 48.3 Å². The van der Waals surface area contributed by atoms with Crippen molar-refractivity contribution in [2.24, 2.45) is 0 Å². The molecule has 2 saturated heterocycles. The van der Waals surface area contributed by atoms with Crippen LogP contribution in [0, 0.1) is 0 Å². The van der Waals surface area contributed by atoms with Gasteiger partial charge in [-0.15, -0.1) is 0 Å². The van der Waals surface area contributed by atoms with Gasteiger partial charge >= 0.3 is 42.7 Å². The summed E-state index contributed by atoms with van der Waals surface area (Å²) < 4.78 is 66.0. The summed E-state index contributed by atoms with van der Waals surface area (Å²) in [4.78, 5) is 190.